The average molecular weight is 460 g/mol. The van der Waals surface area contributed by atoms with Crippen LogP contribution in [0.2, 0.25) is 0 Å². The third-order valence-corrected chi connectivity index (χ3v) is 7.07. The predicted molar refractivity (Wildman–Crippen MR) is 123 cm³/mol. The molecular weight excluding hydrogens is 430 g/mol. The van der Waals surface area contributed by atoms with Gasteiger partial charge < -0.3 is 30.9 Å². The van der Waals surface area contributed by atoms with E-state index in [2.05, 4.69) is 10.6 Å². The monoisotopic (exact) mass is 459 g/mol. The fraction of sp³-hybridized carbons (Fsp3) is 0.478. The van der Waals surface area contributed by atoms with Crippen molar-refractivity contribution in [3.8, 4) is 5.75 Å². The number of anilines is 2. The van der Waals surface area contributed by atoms with E-state index in [1.54, 1.807) is 18.2 Å². The molecule has 1 aliphatic carbocycles. The van der Waals surface area contributed by atoms with Crippen LogP contribution in [0.3, 0.4) is 0 Å². The molecule has 2 heterocycles. The lowest BCUT2D eigenvalue weighted by Gasteiger charge is -2.26. The summed E-state index contributed by atoms with van der Waals surface area (Å²) < 4.78 is 11.0. The number of phenolic OH excluding ortho intramolecular Hbond substituents is 1. The van der Waals surface area contributed by atoms with Crippen molar-refractivity contribution in [2.24, 2.45) is 0 Å². The minimum atomic E-state index is -0.379. The number of aromatic hydroxyl groups is 1. The molecule has 0 spiro atoms. The van der Waals surface area contributed by atoms with Crippen molar-refractivity contribution in [2.45, 2.75) is 57.1 Å². The highest BCUT2D eigenvalue weighted by Gasteiger charge is 2.28. The van der Waals surface area contributed by atoms with Crippen molar-refractivity contribution in [2.75, 3.05) is 24.3 Å². The van der Waals surface area contributed by atoms with Gasteiger partial charge in [-0.05, 0) is 55.4 Å². The van der Waals surface area contributed by atoms with E-state index in [0.29, 0.717) is 56.0 Å². The summed E-state index contributed by atoms with van der Waals surface area (Å²) in [7, 11) is 0. The minimum absolute atomic E-state index is 0.106. The number of thiophene rings is 1. The number of alkyl carbamates (subject to hydrolysis) is 1. The number of rotatable bonds is 6. The highest BCUT2D eigenvalue weighted by Crippen LogP contribution is 2.40. The highest BCUT2D eigenvalue weighted by molar-refractivity contribution is 7.17. The minimum Gasteiger partial charge on any atom is -0.508 e. The van der Waals surface area contributed by atoms with E-state index in [0.717, 1.165) is 28.8 Å². The van der Waals surface area contributed by atoms with Crippen LogP contribution in [0, 0.1) is 0 Å². The lowest BCUT2D eigenvalue weighted by atomic mass is 9.95. The second kappa shape index (κ2) is 10.2. The molecule has 5 N–H and O–H groups in total. The summed E-state index contributed by atoms with van der Waals surface area (Å²) in [5.74, 6) is 0.0681. The van der Waals surface area contributed by atoms with E-state index in [-0.39, 0.29) is 29.9 Å². The largest absolute Gasteiger partial charge is 0.508 e. The van der Waals surface area contributed by atoms with Crippen molar-refractivity contribution < 1.29 is 24.2 Å². The van der Waals surface area contributed by atoms with Gasteiger partial charge in [-0.15, -0.1) is 11.3 Å². The Morgan fingerprint density at radius 1 is 1.25 bits per heavy atom. The third-order valence-electron chi connectivity index (χ3n) is 5.88. The lowest BCUT2D eigenvalue weighted by Crippen LogP contribution is -2.41. The molecular formula is C23H29N3O5S. The smallest absolute Gasteiger partial charge is 0.407 e. The van der Waals surface area contributed by atoms with Gasteiger partial charge in [0, 0.05) is 37.0 Å². The summed E-state index contributed by atoms with van der Waals surface area (Å²) in [6.07, 6.45) is 3.88. The number of hydrogen-bond acceptors (Lipinski definition) is 7. The maximum Gasteiger partial charge on any atom is 0.407 e. The molecule has 1 fully saturated rings. The van der Waals surface area contributed by atoms with E-state index in [9.17, 15) is 14.7 Å². The van der Waals surface area contributed by atoms with Crippen LogP contribution in [-0.4, -0.2) is 42.5 Å². The van der Waals surface area contributed by atoms with E-state index in [1.165, 1.54) is 11.3 Å². The zero-order valence-corrected chi connectivity index (χ0v) is 18.7. The molecule has 8 nitrogen and oxygen atoms in total. The molecule has 2 amide bonds. The van der Waals surface area contributed by atoms with Gasteiger partial charge in [-0.1, -0.05) is 12.1 Å². The van der Waals surface area contributed by atoms with Gasteiger partial charge in [-0.3, -0.25) is 4.79 Å². The van der Waals surface area contributed by atoms with Gasteiger partial charge in [0.2, 0.25) is 5.91 Å². The molecule has 2 aromatic rings. The number of phenols is 1. The molecule has 1 unspecified atom stereocenters. The van der Waals surface area contributed by atoms with Crippen molar-refractivity contribution in [3.63, 3.8) is 0 Å². The Kier molecular flexibility index (Phi) is 7.16. The maximum atomic E-state index is 12.4. The normalized spacial score (nSPS) is 18.6. The molecule has 172 valence electrons. The van der Waals surface area contributed by atoms with E-state index in [4.69, 9.17) is 15.2 Å². The van der Waals surface area contributed by atoms with Crippen molar-refractivity contribution in [1.82, 2.24) is 5.32 Å². The molecule has 2 aliphatic rings. The van der Waals surface area contributed by atoms with Gasteiger partial charge in [0.1, 0.15) is 16.9 Å². The molecule has 1 atom stereocenters. The number of nitrogens with one attached hydrogen (secondary N) is 2. The fourth-order valence-electron chi connectivity index (χ4n) is 4.13. The molecule has 1 saturated heterocycles. The summed E-state index contributed by atoms with van der Waals surface area (Å²) in [5.41, 5.74) is 8.86. The van der Waals surface area contributed by atoms with E-state index >= 15 is 0 Å². The SMILES string of the molecule is Nc1c(NC(=O)CCc2cccc(O)c2)sc2c1CCC(OC(=O)NC1CCOCC1)C2. The molecule has 1 aromatic carbocycles. The number of aryl methyl sites for hydroxylation is 1. The predicted octanol–water partition coefficient (Wildman–Crippen LogP) is 3.37. The summed E-state index contributed by atoms with van der Waals surface area (Å²) in [6, 6.07) is 7.00. The summed E-state index contributed by atoms with van der Waals surface area (Å²) >= 11 is 1.46. The van der Waals surface area contributed by atoms with Crippen LogP contribution >= 0.6 is 11.3 Å². The van der Waals surface area contributed by atoms with Gasteiger partial charge in [0.15, 0.2) is 0 Å². The first-order valence-electron chi connectivity index (χ1n) is 11.0. The second-order valence-corrected chi connectivity index (χ2v) is 9.37. The van der Waals surface area contributed by atoms with Gasteiger partial charge >= 0.3 is 6.09 Å². The third kappa shape index (κ3) is 5.72. The van der Waals surface area contributed by atoms with Crippen LogP contribution in [0.1, 0.15) is 41.7 Å². The fourth-order valence-corrected chi connectivity index (χ4v) is 5.38. The summed E-state index contributed by atoms with van der Waals surface area (Å²) in [6.45, 7) is 1.32. The Morgan fingerprint density at radius 3 is 2.84 bits per heavy atom. The number of benzene rings is 1. The number of carbonyl (C=O) groups excluding carboxylic acids is 2. The average Bonchev–Trinajstić information content (AvgIpc) is 3.07. The second-order valence-electron chi connectivity index (χ2n) is 8.27. The molecule has 9 heteroatoms. The Morgan fingerprint density at radius 2 is 2.06 bits per heavy atom. The number of hydrogen-bond donors (Lipinski definition) is 4. The maximum absolute atomic E-state index is 12.4. The van der Waals surface area contributed by atoms with Crippen molar-refractivity contribution >= 4 is 34.0 Å². The highest BCUT2D eigenvalue weighted by atomic mass is 32.1. The first kappa shape index (κ1) is 22.4. The van der Waals surface area contributed by atoms with E-state index in [1.807, 2.05) is 6.07 Å². The molecule has 0 saturated carbocycles. The van der Waals surface area contributed by atoms with Crippen LogP contribution in [0.25, 0.3) is 0 Å². The standard InChI is InChI=1S/C23H29N3O5S/c24-21-18-6-5-17(31-23(29)25-15-8-10-30-11-9-15)13-19(18)32-22(21)26-20(28)7-4-14-2-1-3-16(27)12-14/h1-3,12,15,17,27H,4-11,13,24H2,(H,25,29)(H,26,28). The first-order chi connectivity index (χ1) is 15.5. The zero-order chi connectivity index (χ0) is 22.5. The number of fused-ring (bicyclic) bond motifs is 1. The van der Waals surface area contributed by atoms with Crippen molar-refractivity contribution in [3.05, 3.63) is 40.3 Å². The number of ether oxygens (including phenoxy) is 2. The summed E-state index contributed by atoms with van der Waals surface area (Å²) in [4.78, 5) is 25.7. The first-order valence-corrected chi connectivity index (χ1v) is 11.8. The molecule has 0 radical (unpaired) electrons. The van der Waals surface area contributed by atoms with Crippen LogP contribution in [0.4, 0.5) is 15.5 Å². The quantitative estimate of drug-likeness (QED) is 0.525. The van der Waals surface area contributed by atoms with Gasteiger partial charge in [0.25, 0.3) is 0 Å². The lowest BCUT2D eigenvalue weighted by molar-refractivity contribution is -0.116. The Balaban J connectivity index is 1.29. The van der Waals surface area contributed by atoms with Crippen LogP contribution in [0.15, 0.2) is 24.3 Å². The Hall–Kier alpha value is -2.78. The van der Waals surface area contributed by atoms with Crippen molar-refractivity contribution in [1.29, 1.82) is 0 Å². The van der Waals surface area contributed by atoms with E-state index < -0.39 is 0 Å². The Bertz CT molecular complexity index is 971. The molecule has 32 heavy (non-hydrogen) atoms. The zero-order valence-electron chi connectivity index (χ0n) is 17.9. The van der Waals surface area contributed by atoms with Gasteiger partial charge in [-0.2, -0.15) is 0 Å². The van der Waals surface area contributed by atoms with Crippen LogP contribution in [-0.2, 0) is 33.5 Å². The van der Waals surface area contributed by atoms with Crippen LogP contribution in [0.5, 0.6) is 5.75 Å². The molecule has 1 aliphatic heterocycles. The Labute approximate surface area is 191 Å². The number of amides is 2. The van der Waals surface area contributed by atoms with Crippen LogP contribution < -0.4 is 16.4 Å². The molecule has 4 rings (SSSR count). The van der Waals surface area contributed by atoms with Gasteiger partial charge in [0.05, 0.1) is 5.69 Å². The topological polar surface area (TPSA) is 123 Å². The number of carbonyl (C=O) groups is 2. The van der Waals surface area contributed by atoms with Gasteiger partial charge in [-0.25, -0.2) is 4.79 Å². The molecule has 1 aromatic heterocycles. The molecule has 0 bridgehead atoms. The summed E-state index contributed by atoms with van der Waals surface area (Å²) in [5, 5.41) is 16.1. The number of nitrogens with two attached hydrogens (primary N) is 1. The number of nitrogen functional groups attached to an aromatic ring is 1.